The minimum atomic E-state index is -0.776. The van der Waals surface area contributed by atoms with E-state index in [0.29, 0.717) is 42.8 Å². The van der Waals surface area contributed by atoms with Crippen LogP contribution in [0.3, 0.4) is 0 Å². The first-order valence-electron chi connectivity index (χ1n) is 36.0. The number of aliphatic carboxylic acids is 1. The molecule has 0 bridgehead atoms. The van der Waals surface area contributed by atoms with Gasteiger partial charge in [0.05, 0.1) is 25.2 Å². The Bertz CT molecular complexity index is 3420. The normalized spacial score (nSPS) is 21.9. The van der Waals surface area contributed by atoms with Crippen molar-refractivity contribution < 1.29 is 25.2 Å². The Labute approximate surface area is 586 Å². The van der Waals surface area contributed by atoms with Crippen LogP contribution in [0.5, 0.6) is 0 Å². The van der Waals surface area contributed by atoms with Gasteiger partial charge in [0.1, 0.15) is 52.9 Å². The van der Waals surface area contributed by atoms with Crippen molar-refractivity contribution in [2.75, 3.05) is 153 Å². The van der Waals surface area contributed by atoms with Crippen molar-refractivity contribution in [2.45, 2.75) is 136 Å². The number of likely N-dealkylation sites (N-methyl/N-ethyl adjacent to an activating group) is 1. The number of nitrogen functional groups attached to an aromatic ring is 4. The van der Waals surface area contributed by atoms with Gasteiger partial charge >= 0.3 is 5.97 Å². The fourth-order valence-electron chi connectivity index (χ4n) is 15.3. The highest BCUT2D eigenvalue weighted by atomic mass is 16.4. The topological polar surface area (TPSA) is 325 Å². The van der Waals surface area contributed by atoms with Crippen LogP contribution in [0.1, 0.15) is 132 Å². The highest BCUT2D eigenvalue weighted by molar-refractivity contribution is 5.76. The van der Waals surface area contributed by atoms with Crippen LogP contribution in [-0.2, 0) is 24.1 Å². The fraction of sp³-hybridized carbons (Fsp3) is 0.539. The van der Waals surface area contributed by atoms with E-state index in [1.54, 1.807) is 6.07 Å². The van der Waals surface area contributed by atoms with Crippen LogP contribution in [0.2, 0.25) is 0 Å². The van der Waals surface area contributed by atoms with E-state index < -0.39 is 11.4 Å². The van der Waals surface area contributed by atoms with Crippen molar-refractivity contribution in [1.82, 2.24) is 44.8 Å². The van der Waals surface area contributed by atoms with Crippen molar-refractivity contribution in [3.8, 4) is 0 Å². The Balaban J connectivity index is 0.000000154. The summed E-state index contributed by atoms with van der Waals surface area (Å²) in [7, 11) is 2.15. The number of rotatable bonds is 23. The second kappa shape index (κ2) is 36.5. The number of carboxylic acids is 1. The minimum absolute atomic E-state index is 0.00805. The summed E-state index contributed by atoms with van der Waals surface area (Å²) in [5.41, 5.74) is 26.4. The van der Waals surface area contributed by atoms with Gasteiger partial charge in [0.2, 0.25) is 11.9 Å². The third kappa shape index (κ3) is 21.7. The number of nitrogens with zero attached hydrogens (tertiary/aromatic N) is 14. The number of hydrogen-bond acceptors (Lipinski definition) is 22. The highest BCUT2D eigenvalue weighted by Gasteiger charge is 2.43. The van der Waals surface area contributed by atoms with Gasteiger partial charge in [-0.3, -0.25) is 4.79 Å². The van der Waals surface area contributed by atoms with Crippen LogP contribution in [0, 0.1) is 28.6 Å². The van der Waals surface area contributed by atoms with E-state index in [-0.39, 0.29) is 42.0 Å². The van der Waals surface area contributed by atoms with Gasteiger partial charge in [-0.05, 0) is 152 Å². The van der Waals surface area contributed by atoms with E-state index in [2.05, 4.69) is 151 Å². The molecule has 3 aromatic carbocycles. The molecule has 12 N–H and O–H groups in total. The van der Waals surface area contributed by atoms with E-state index >= 15 is 0 Å². The number of aliphatic hydroxyl groups is 3. The highest BCUT2D eigenvalue weighted by Crippen LogP contribution is 2.41. The summed E-state index contributed by atoms with van der Waals surface area (Å²) in [6.45, 7) is 15.4. The van der Waals surface area contributed by atoms with Crippen LogP contribution in [0.15, 0.2) is 128 Å². The lowest BCUT2D eigenvalue weighted by atomic mass is 9.75. The average Bonchev–Trinajstić information content (AvgIpc) is 0.831. The zero-order valence-electron chi connectivity index (χ0n) is 58.9. The molecule has 534 valence electrons. The molecule has 0 spiro atoms. The van der Waals surface area contributed by atoms with E-state index in [9.17, 15) is 25.2 Å². The molecule has 23 nitrogen and oxygen atoms in total. The number of hydrogen-bond donors (Lipinski definition) is 8. The number of carboxylic acid groups (broad SMARTS) is 1. The lowest BCUT2D eigenvalue weighted by molar-refractivity contribution is -0.150. The fourth-order valence-corrected chi connectivity index (χ4v) is 15.3. The molecule has 4 atom stereocenters. The van der Waals surface area contributed by atoms with Crippen molar-refractivity contribution in [3.05, 3.63) is 150 Å². The molecule has 99 heavy (non-hydrogen) atoms. The minimum Gasteiger partial charge on any atom is -0.481 e. The number of carbonyl (C=O) groups is 1. The summed E-state index contributed by atoms with van der Waals surface area (Å²) in [6, 6.07) is 38.8. The molecule has 7 aromatic rings. The Hall–Kier alpha value is -8.51. The van der Waals surface area contributed by atoms with Gasteiger partial charge in [0.25, 0.3) is 0 Å². The number of benzene rings is 3. The monoisotopic (exact) mass is 1350 g/mol. The first kappa shape index (κ1) is 74.7. The second-order valence-corrected chi connectivity index (χ2v) is 28.4. The Kier molecular flexibility index (Phi) is 27.6. The lowest BCUT2D eigenvalue weighted by Gasteiger charge is -2.42. The van der Waals surface area contributed by atoms with Gasteiger partial charge in [-0.2, -0.15) is 19.9 Å². The number of aromatic nitrogens is 8. The summed E-state index contributed by atoms with van der Waals surface area (Å²) in [6.07, 6.45) is 22.2. The molecule has 0 saturated carbocycles. The van der Waals surface area contributed by atoms with Gasteiger partial charge in [-0.1, -0.05) is 104 Å². The molecule has 23 heteroatoms. The number of nitrogens with two attached hydrogens (primary N) is 4. The molecule has 4 aromatic heterocycles. The maximum Gasteiger partial charge on any atom is 0.311 e. The summed E-state index contributed by atoms with van der Waals surface area (Å²) < 4.78 is 0. The maximum atomic E-state index is 12.1. The number of piperidine rings is 4. The zero-order chi connectivity index (χ0) is 70.1. The van der Waals surface area contributed by atoms with Gasteiger partial charge in [0.15, 0.2) is 0 Å². The largest absolute Gasteiger partial charge is 0.481 e. The number of piperazine rings is 1. The summed E-state index contributed by atoms with van der Waals surface area (Å²) >= 11 is 0. The molecule has 12 rings (SSSR count). The number of aliphatic hydroxyl groups excluding tert-OH is 3. The van der Waals surface area contributed by atoms with Crippen LogP contribution < -0.4 is 47.4 Å². The predicted octanol–water partition coefficient (Wildman–Crippen LogP) is 9.57. The molecule has 0 aliphatic carbocycles. The second-order valence-electron chi connectivity index (χ2n) is 28.4. The van der Waals surface area contributed by atoms with Crippen molar-refractivity contribution >= 4 is 58.6 Å². The number of aryl methyl sites for hydroxylation is 4. The Morgan fingerprint density at radius 2 is 0.889 bits per heavy atom. The Morgan fingerprint density at radius 3 is 1.36 bits per heavy atom. The van der Waals surface area contributed by atoms with Crippen LogP contribution >= 0.6 is 0 Å². The molecule has 5 saturated heterocycles. The summed E-state index contributed by atoms with van der Waals surface area (Å²) in [5, 5.41) is 40.1. The lowest BCUT2D eigenvalue weighted by Crippen LogP contribution is -2.48. The van der Waals surface area contributed by atoms with Gasteiger partial charge in [-0.15, -0.1) is 0 Å². The van der Waals surface area contributed by atoms with Crippen LogP contribution in [-0.4, -0.2) is 177 Å². The van der Waals surface area contributed by atoms with E-state index in [0.717, 1.165) is 210 Å². The van der Waals surface area contributed by atoms with Gasteiger partial charge in [0, 0.05) is 119 Å². The van der Waals surface area contributed by atoms with E-state index in [1.807, 2.05) is 54.4 Å². The van der Waals surface area contributed by atoms with E-state index in [4.69, 9.17) is 22.9 Å². The molecule has 9 heterocycles. The molecule has 5 aliphatic rings. The number of anilines is 9. The predicted molar refractivity (Wildman–Crippen MR) is 398 cm³/mol. The first-order valence-corrected chi connectivity index (χ1v) is 36.0. The molecular formula is C76H110N18O5. The molecule has 5 aliphatic heterocycles. The molecule has 0 amide bonds. The zero-order valence-corrected chi connectivity index (χ0v) is 58.9. The molecule has 4 unspecified atom stereocenters. The third-order valence-corrected chi connectivity index (χ3v) is 20.8. The van der Waals surface area contributed by atoms with Gasteiger partial charge in [-0.25, -0.2) is 19.9 Å². The molecule has 5 fully saturated rings. The van der Waals surface area contributed by atoms with E-state index in [1.165, 1.54) is 23.0 Å². The van der Waals surface area contributed by atoms with Gasteiger partial charge < -0.3 is 72.8 Å². The smallest absolute Gasteiger partial charge is 0.311 e. The summed E-state index contributed by atoms with van der Waals surface area (Å²) in [5.74, 6) is 5.56. The van der Waals surface area contributed by atoms with Crippen molar-refractivity contribution in [1.29, 1.82) is 0 Å². The third-order valence-electron chi connectivity index (χ3n) is 20.8. The van der Waals surface area contributed by atoms with Crippen molar-refractivity contribution in [2.24, 2.45) is 21.7 Å². The molecule has 0 radical (unpaired) electrons. The van der Waals surface area contributed by atoms with Crippen LogP contribution in [0.4, 0.5) is 52.6 Å². The first-order chi connectivity index (χ1) is 47.9. The quantitative estimate of drug-likeness (QED) is 0.0295. The maximum absolute atomic E-state index is 12.1. The average molecular weight is 1360 g/mol. The van der Waals surface area contributed by atoms with Crippen LogP contribution in [0.25, 0.3) is 0 Å². The van der Waals surface area contributed by atoms with Crippen molar-refractivity contribution in [3.63, 3.8) is 0 Å². The summed E-state index contributed by atoms with van der Waals surface area (Å²) in [4.78, 5) is 59.7. The Morgan fingerprint density at radius 1 is 0.455 bits per heavy atom. The standard InChI is InChI=1S/C20H27N3O.C19H25N5O2.C19H26N4O.C18H32N6O/c1-17-21-13-10-19(22-17)23-14-6-12-20(15-23,16-24)11-5-9-18-7-3-2-4-8-18;20-15-12-16(23-18(21)22-15)24-11-5-10-19(13-24,17(25)26)9-4-8-14-6-2-1-3-7-14;20-17-12-18(22-15-21-17)23-11-5-10-19(13-23,14-24)9-4-8-16-6-2-1-3-7-16;1-3-5-18(14-25)6-4-7-24(13-18)16-12-15(20-17(19)21-16)23-10-8-22(2)9-11-23/h2-4,7-8,10,13,24H,5-6,9,11-12,14-16H2,1H3;1-3,6-7,12H,4-5,8-11,13H2,(H,25,26)(H4,20,21,22,23);1-3,6-7,12,15,24H,4-5,8-11,13-14H2,(H2,20,21,22);12,25H,3-11,13-14H2,1-2H3,(H2,19,20,21). The molecular weight excluding hydrogens is 1240 g/mol. The SMILES string of the molecule is CCCC1(CO)CCCN(c2cc(N3CCN(C)CC3)nc(N)n2)C1.Cc1nccc(N2CCCC(CO)(CCCc3ccccc3)C2)n1.Nc1cc(N2CCCC(CCCc3ccccc3)(C(=O)O)C2)nc(N)n1.Nc1cc(N2CCCC(CO)(CCCc3ccccc3)C2)ncn1.